The Bertz CT molecular complexity index is 645. The van der Waals surface area contributed by atoms with Crippen LogP contribution in [-0.2, 0) is 16.0 Å². The number of benzene rings is 1. The van der Waals surface area contributed by atoms with E-state index in [1.807, 2.05) is 6.07 Å². The topological polar surface area (TPSA) is 79.9 Å². The number of hydrogen-bond acceptors (Lipinski definition) is 5. The predicted molar refractivity (Wildman–Crippen MR) is 92.8 cm³/mol. The molecule has 136 valence electrons. The van der Waals surface area contributed by atoms with Gasteiger partial charge in [0.25, 0.3) is 0 Å². The summed E-state index contributed by atoms with van der Waals surface area (Å²) in [6.07, 6.45) is 2.30. The number of carbonyl (C=O) groups is 2. The average Bonchev–Trinajstić information content (AvgIpc) is 3.45. The van der Waals surface area contributed by atoms with Crippen LogP contribution in [0.1, 0.15) is 18.4 Å². The summed E-state index contributed by atoms with van der Waals surface area (Å²) in [5, 5.41) is 6.20. The van der Waals surface area contributed by atoms with E-state index in [4.69, 9.17) is 9.47 Å². The highest BCUT2D eigenvalue weighted by Crippen LogP contribution is 2.28. The first kappa shape index (κ1) is 17.5. The molecule has 1 aliphatic heterocycles. The minimum absolute atomic E-state index is 0.0512. The highest BCUT2D eigenvalue weighted by molar-refractivity contribution is 5.89. The van der Waals surface area contributed by atoms with Crippen molar-refractivity contribution in [3.8, 4) is 11.5 Å². The molecule has 2 N–H and O–H groups in total. The van der Waals surface area contributed by atoms with Crippen LogP contribution in [0.25, 0.3) is 0 Å². The Morgan fingerprint density at radius 3 is 2.68 bits per heavy atom. The first-order valence-corrected chi connectivity index (χ1v) is 8.64. The molecule has 7 nitrogen and oxygen atoms in total. The molecule has 1 heterocycles. The highest BCUT2D eigenvalue weighted by Gasteiger charge is 2.34. The van der Waals surface area contributed by atoms with E-state index in [1.165, 1.54) is 0 Å². The molecule has 0 bridgehead atoms. The molecule has 1 aliphatic carbocycles. The van der Waals surface area contributed by atoms with Gasteiger partial charge in [0.2, 0.25) is 11.8 Å². The van der Waals surface area contributed by atoms with Gasteiger partial charge < -0.3 is 25.0 Å². The molecule has 2 fully saturated rings. The lowest BCUT2D eigenvalue weighted by molar-refractivity contribution is -0.141. The third kappa shape index (κ3) is 4.22. The molecule has 7 heteroatoms. The maximum Gasteiger partial charge on any atom is 0.244 e. The summed E-state index contributed by atoms with van der Waals surface area (Å²) in [5.41, 5.74) is 0.836. The molecule has 1 saturated carbocycles. The van der Waals surface area contributed by atoms with Gasteiger partial charge in [-0.25, -0.2) is 0 Å². The average molecular weight is 347 g/mol. The molecule has 25 heavy (non-hydrogen) atoms. The van der Waals surface area contributed by atoms with Gasteiger partial charge in [-0.2, -0.15) is 0 Å². The summed E-state index contributed by atoms with van der Waals surface area (Å²) in [7, 11) is 3.14. The van der Waals surface area contributed by atoms with Crippen molar-refractivity contribution in [2.45, 2.75) is 31.3 Å². The second-order valence-electron chi connectivity index (χ2n) is 6.46. The molecule has 1 saturated heterocycles. The van der Waals surface area contributed by atoms with Gasteiger partial charge in [0, 0.05) is 25.7 Å². The summed E-state index contributed by atoms with van der Waals surface area (Å²) in [6.45, 7) is 1.73. The second kappa shape index (κ2) is 7.74. The Labute approximate surface area is 147 Å². The minimum atomic E-state index is -0.443. The molecule has 2 aliphatic rings. The normalized spacial score (nSPS) is 20.1. The smallest absolute Gasteiger partial charge is 0.244 e. The molecule has 0 spiro atoms. The van der Waals surface area contributed by atoms with Crippen molar-refractivity contribution in [1.29, 1.82) is 0 Å². The van der Waals surface area contributed by atoms with Gasteiger partial charge in [0.05, 0.1) is 20.6 Å². The third-order valence-corrected chi connectivity index (χ3v) is 4.59. The first-order valence-electron chi connectivity index (χ1n) is 8.64. The Morgan fingerprint density at radius 1 is 1.24 bits per heavy atom. The zero-order chi connectivity index (χ0) is 17.8. The van der Waals surface area contributed by atoms with Gasteiger partial charge >= 0.3 is 0 Å². The van der Waals surface area contributed by atoms with Crippen LogP contribution < -0.4 is 20.1 Å². The molecule has 0 radical (unpaired) electrons. The Balaban J connectivity index is 1.68. The van der Waals surface area contributed by atoms with Gasteiger partial charge in [-0.3, -0.25) is 9.59 Å². The first-order chi connectivity index (χ1) is 12.1. The zero-order valence-electron chi connectivity index (χ0n) is 14.7. The van der Waals surface area contributed by atoms with Gasteiger partial charge in [-0.05, 0) is 30.5 Å². The number of ether oxygens (including phenoxy) is 2. The van der Waals surface area contributed by atoms with E-state index in [0.717, 1.165) is 18.4 Å². The van der Waals surface area contributed by atoms with Gasteiger partial charge in [0.15, 0.2) is 11.5 Å². The van der Waals surface area contributed by atoms with Crippen molar-refractivity contribution in [1.82, 2.24) is 15.5 Å². The van der Waals surface area contributed by atoms with E-state index >= 15 is 0 Å². The number of hydrogen-bond donors (Lipinski definition) is 2. The van der Waals surface area contributed by atoms with Crippen LogP contribution >= 0.6 is 0 Å². The zero-order valence-corrected chi connectivity index (χ0v) is 14.7. The number of rotatable bonds is 6. The molecule has 1 aromatic carbocycles. The Hall–Kier alpha value is -2.28. The van der Waals surface area contributed by atoms with Crippen molar-refractivity contribution >= 4 is 11.8 Å². The lowest BCUT2D eigenvalue weighted by Gasteiger charge is -2.35. The van der Waals surface area contributed by atoms with E-state index in [0.29, 0.717) is 31.1 Å². The molecule has 1 atom stereocenters. The van der Waals surface area contributed by atoms with Gasteiger partial charge in [-0.15, -0.1) is 0 Å². The van der Waals surface area contributed by atoms with Crippen LogP contribution in [0.3, 0.4) is 0 Å². The highest BCUT2D eigenvalue weighted by atomic mass is 16.5. The van der Waals surface area contributed by atoms with E-state index in [1.54, 1.807) is 31.3 Å². The number of carbonyl (C=O) groups excluding carboxylic acids is 2. The van der Waals surface area contributed by atoms with Crippen LogP contribution in [0.2, 0.25) is 0 Å². The summed E-state index contributed by atoms with van der Waals surface area (Å²) < 4.78 is 10.5. The third-order valence-electron chi connectivity index (χ3n) is 4.59. The van der Waals surface area contributed by atoms with E-state index in [2.05, 4.69) is 10.6 Å². The fraction of sp³-hybridized carbons (Fsp3) is 0.556. The van der Waals surface area contributed by atoms with Crippen LogP contribution in [0.4, 0.5) is 0 Å². The molecule has 0 aromatic heterocycles. The van der Waals surface area contributed by atoms with E-state index < -0.39 is 6.04 Å². The van der Waals surface area contributed by atoms with Crippen molar-refractivity contribution in [2.24, 2.45) is 0 Å². The SMILES string of the molecule is COc1ccc(CC(=O)N2CCNC[C@H]2C(=O)NC2CC2)cc1OC. The second-order valence-corrected chi connectivity index (χ2v) is 6.46. The minimum Gasteiger partial charge on any atom is -0.493 e. The Morgan fingerprint density at radius 2 is 2.00 bits per heavy atom. The lowest BCUT2D eigenvalue weighted by atomic mass is 10.1. The number of nitrogens with zero attached hydrogens (tertiary/aromatic N) is 1. The summed E-state index contributed by atoms with van der Waals surface area (Å²) >= 11 is 0. The lowest BCUT2D eigenvalue weighted by Crippen LogP contribution is -2.60. The molecule has 1 aromatic rings. The standard InChI is InChI=1S/C18H25N3O4/c1-24-15-6-3-12(9-16(15)25-2)10-17(22)21-8-7-19-11-14(21)18(23)20-13-4-5-13/h3,6,9,13-14,19H,4-5,7-8,10-11H2,1-2H3,(H,20,23)/t14-/m0/s1. The molecule has 2 amide bonds. The molecular weight excluding hydrogens is 322 g/mol. The molecule has 0 unspecified atom stereocenters. The van der Waals surface area contributed by atoms with E-state index in [9.17, 15) is 9.59 Å². The van der Waals surface area contributed by atoms with Crippen molar-refractivity contribution in [3.05, 3.63) is 23.8 Å². The number of piperazine rings is 1. The van der Waals surface area contributed by atoms with Crippen LogP contribution in [-0.4, -0.2) is 62.7 Å². The van der Waals surface area contributed by atoms with E-state index in [-0.39, 0.29) is 24.3 Å². The predicted octanol–water partition coefficient (Wildman–Crippen LogP) is 0.325. The van der Waals surface area contributed by atoms with Crippen LogP contribution in [0, 0.1) is 0 Å². The van der Waals surface area contributed by atoms with Crippen LogP contribution in [0.15, 0.2) is 18.2 Å². The van der Waals surface area contributed by atoms with Gasteiger partial charge in [-0.1, -0.05) is 6.07 Å². The van der Waals surface area contributed by atoms with Crippen LogP contribution in [0.5, 0.6) is 11.5 Å². The Kier molecular flexibility index (Phi) is 5.43. The fourth-order valence-electron chi connectivity index (χ4n) is 3.03. The van der Waals surface area contributed by atoms with Crippen molar-refractivity contribution < 1.29 is 19.1 Å². The van der Waals surface area contributed by atoms with Crippen molar-refractivity contribution in [3.63, 3.8) is 0 Å². The summed E-state index contributed by atoms with van der Waals surface area (Å²) in [6, 6.07) is 5.29. The van der Waals surface area contributed by atoms with Crippen molar-refractivity contribution in [2.75, 3.05) is 33.9 Å². The molecule has 3 rings (SSSR count). The number of amides is 2. The summed E-state index contributed by atoms with van der Waals surface area (Å²) in [4.78, 5) is 26.9. The molecular formula is C18H25N3O4. The monoisotopic (exact) mass is 347 g/mol. The maximum atomic E-state index is 12.8. The summed E-state index contributed by atoms with van der Waals surface area (Å²) in [5.74, 6) is 1.11. The number of methoxy groups -OCH3 is 2. The fourth-order valence-corrected chi connectivity index (χ4v) is 3.03. The van der Waals surface area contributed by atoms with Gasteiger partial charge in [0.1, 0.15) is 6.04 Å². The number of nitrogens with one attached hydrogen (secondary N) is 2. The largest absolute Gasteiger partial charge is 0.493 e. The quantitative estimate of drug-likeness (QED) is 0.775. The maximum absolute atomic E-state index is 12.8.